The molecule has 1 heterocycles. The van der Waals surface area contributed by atoms with E-state index in [0.717, 1.165) is 6.08 Å². The molecule has 90 valence electrons. The van der Waals surface area contributed by atoms with Gasteiger partial charge in [-0.15, -0.1) is 0 Å². The minimum atomic E-state index is -0.871. The standard InChI is InChI=1S/C12H12O5/c1-16-12(15)11-8(10-3-2-4-17-10)5-7(13)6-9(11)14/h2-4,6,8,11,14H,5H2,1H3/t8-,11-/m1/s1. The van der Waals surface area contributed by atoms with Crippen LogP contribution in [0.5, 0.6) is 0 Å². The second-order valence-electron chi connectivity index (χ2n) is 3.86. The van der Waals surface area contributed by atoms with Crippen LogP contribution in [-0.4, -0.2) is 24.0 Å². The van der Waals surface area contributed by atoms with E-state index in [4.69, 9.17) is 4.42 Å². The molecule has 0 saturated carbocycles. The van der Waals surface area contributed by atoms with Gasteiger partial charge in [-0.3, -0.25) is 9.59 Å². The van der Waals surface area contributed by atoms with Crippen molar-refractivity contribution in [2.75, 3.05) is 7.11 Å². The Hall–Kier alpha value is -2.04. The summed E-state index contributed by atoms with van der Waals surface area (Å²) in [6.45, 7) is 0. The number of methoxy groups -OCH3 is 1. The predicted molar refractivity (Wildman–Crippen MR) is 57.3 cm³/mol. The van der Waals surface area contributed by atoms with Gasteiger partial charge in [0.2, 0.25) is 0 Å². The summed E-state index contributed by atoms with van der Waals surface area (Å²) in [6.07, 6.45) is 2.65. The fourth-order valence-corrected chi connectivity index (χ4v) is 2.03. The molecule has 0 unspecified atom stereocenters. The Morgan fingerprint density at radius 2 is 2.35 bits per heavy atom. The molecule has 0 fully saturated rings. The van der Waals surface area contributed by atoms with Gasteiger partial charge in [0.05, 0.1) is 13.4 Å². The maximum absolute atomic E-state index is 11.6. The minimum absolute atomic E-state index is 0.122. The number of hydrogen-bond acceptors (Lipinski definition) is 5. The average molecular weight is 236 g/mol. The van der Waals surface area contributed by atoms with E-state index in [2.05, 4.69) is 4.74 Å². The molecule has 1 aromatic rings. The minimum Gasteiger partial charge on any atom is -0.511 e. The molecular weight excluding hydrogens is 224 g/mol. The van der Waals surface area contributed by atoms with Gasteiger partial charge >= 0.3 is 5.97 Å². The summed E-state index contributed by atoms with van der Waals surface area (Å²) in [7, 11) is 1.24. The van der Waals surface area contributed by atoms with Gasteiger partial charge in [0.25, 0.3) is 0 Å². The van der Waals surface area contributed by atoms with Crippen LogP contribution in [-0.2, 0) is 14.3 Å². The normalized spacial score (nSPS) is 24.3. The van der Waals surface area contributed by atoms with Crippen LogP contribution in [0.2, 0.25) is 0 Å². The molecule has 0 aliphatic heterocycles. The van der Waals surface area contributed by atoms with E-state index < -0.39 is 17.8 Å². The lowest BCUT2D eigenvalue weighted by molar-refractivity contribution is -0.146. The Balaban J connectivity index is 2.38. The predicted octanol–water partition coefficient (Wildman–Crippen LogP) is 1.57. The number of allylic oxidation sites excluding steroid dienone is 1. The summed E-state index contributed by atoms with van der Waals surface area (Å²) in [5.74, 6) is -1.96. The van der Waals surface area contributed by atoms with Crippen LogP contribution in [0.15, 0.2) is 34.6 Å². The summed E-state index contributed by atoms with van der Waals surface area (Å²) in [6, 6.07) is 3.34. The van der Waals surface area contributed by atoms with Gasteiger partial charge in [0, 0.05) is 18.4 Å². The molecule has 1 aliphatic carbocycles. The van der Waals surface area contributed by atoms with E-state index >= 15 is 0 Å². The van der Waals surface area contributed by atoms with E-state index in [0.29, 0.717) is 5.76 Å². The largest absolute Gasteiger partial charge is 0.511 e. The fourth-order valence-electron chi connectivity index (χ4n) is 2.03. The van der Waals surface area contributed by atoms with Gasteiger partial charge in [-0.2, -0.15) is 0 Å². The van der Waals surface area contributed by atoms with E-state index in [9.17, 15) is 14.7 Å². The van der Waals surface area contributed by atoms with Gasteiger partial charge in [0.1, 0.15) is 17.4 Å². The average Bonchev–Trinajstić information content (AvgIpc) is 2.80. The first-order chi connectivity index (χ1) is 8.13. The van der Waals surface area contributed by atoms with Crippen molar-refractivity contribution < 1.29 is 23.8 Å². The Bertz CT molecular complexity index is 457. The van der Waals surface area contributed by atoms with E-state index in [1.807, 2.05) is 0 Å². The Labute approximate surface area is 97.7 Å². The van der Waals surface area contributed by atoms with Gasteiger partial charge < -0.3 is 14.3 Å². The highest BCUT2D eigenvalue weighted by Gasteiger charge is 2.40. The number of ketones is 1. The third kappa shape index (κ3) is 2.08. The molecule has 2 rings (SSSR count). The smallest absolute Gasteiger partial charge is 0.317 e. The van der Waals surface area contributed by atoms with Crippen LogP contribution in [0.4, 0.5) is 0 Å². The van der Waals surface area contributed by atoms with Crippen molar-refractivity contribution in [1.82, 2.24) is 0 Å². The van der Waals surface area contributed by atoms with Crippen LogP contribution in [0.25, 0.3) is 0 Å². The number of aliphatic hydroxyl groups excluding tert-OH is 1. The van der Waals surface area contributed by atoms with Crippen molar-refractivity contribution in [1.29, 1.82) is 0 Å². The lowest BCUT2D eigenvalue weighted by Gasteiger charge is -2.25. The number of ether oxygens (including phenoxy) is 1. The quantitative estimate of drug-likeness (QED) is 0.788. The lowest BCUT2D eigenvalue weighted by Crippen LogP contribution is -2.30. The third-order valence-corrected chi connectivity index (χ3v) is 2.81. The Kier molecular flexibility index (Phi) is 2.99. The highest BCUT2D eigenvalue weighted by Crippen LogP contribution is 2.36. The number of hydrogen-bond donors (Lipinski definition) is 1. The maximum Gasteiger partial charge on any atom is 0.317 e. The summed E-state index contributed by atoms with van der Waals surface area (Å²) >= 11 is 0. The SMILES string of the molecule is COC(=O)[C@H]1C(O)=CC(=O)C[C@@H]1c1ccco1. The summed E-state index contributed by atoms with van der Waals surface area (Å²) in [5.41, 5.74) is 0. The van der Waals surface area contributed by atoms with Crippen molar-refractivity contribution in [2.24, 2.45) is 5.92 Å². The molecule has 0 aromatic carbocycles. The second-order valence-corrected chi connectivity index (χ2v) is 3.86. The molecular formula is C12H12O5. The number of aliphatic hydroxyl groups is 1. The zero-order valence-corrected chi connectivity index (χ0v) is 9.25. The molecule has 1 aromatic heterocycles. The molecule has 0 radical (unpaired) electrons. The highest BCUT2D eigenvalue weighted by atomic mass is 16.5. The van der Waals surface area contributed by atoms with Crippen LogP contribution >= 0.6 is 0 Å². The monoisotopic (exact) mass is 236 g/mol. The molecule has 5 nitrogen and oxygen atoms in total. The van der Waals surface area contributed by atoms with Crippen LogP contribution in [0.1, 0.15) is 18.1 Å². The van der Waals surface area contributed by atoms with Crippen molar-refractivity contribution in [3.63, 3.8) is 0 Å². The van der Waals surface area contributed by atoms with Crippen LogP contribution < -0.4 is 0 Å². The molecule has 2 atom stereocenters. The van der Waals surface area contributed by atoms with Crippen LogP contribution in [0.3, 0.4) is 0 Å². The van der Waals surface area contributed by atoms with Gasteiger partial charge in [-0.05, 0) is 12.1 Å². The number of rotatable bonds is 2. The highest BCUT2D eigenvalue weighted by molar-refractivity contribution is 5.94. The molecule has 1 N–H and O–H groups in total. The van der Waals surface area contributed by atoms with Crippen molar-refractivity contribution in [3.8, 4) is 0 Å². The fraction of sp³-hybridized carbons (Fsp3) is 0.333. The maximum atomic E-state index is 11.6. The Morgan fingerprint density at radius 3 is 2.94 bits per heavy atom. The first-order valence-corrected chi connectivity index (χ1v) is 5.18. The van der Waals surface area contributed by atoms with Gasteiger partial charge in [-0.1, -0.05) is 0 Å². The topological polar surface area (TPSA) is 76.7 Å². The van der Waals surface area contributed by atoms with E-state index in [1.54, 1.807) is 12.1 Å². The third-order valence-electron chi connectivity index (χ3n) is 2.81. The van der Waals surface area contributed by atoms with Gasteiger partial charge in [0.15, 0.2) is 5.78 Å². The molecule has 5 heteroatoms. The Morgan fingerprint density at radius 1 is 1.59 bits per heavy atom. The summed E-state index contributed by atoms with van der Waals surface area (Å²) in [5, 5.41) is 9.71. The molecule has 1 aliphatic rings. The first-order valence-electron chi connectivity index (χ1n) is 5.18. The number of carbonyl (C=O) groups is 2. The number of carbonyl (C=O) groups excluding carboxylic acids is 2. The zero-order valence-electron chi connectivity index (χ0n) is 9.25. The zero-order chi connectivity index (χ0) is 12.4. The lowest BCUT2D eigenvalue weighted by atomic mass is 9.80. The molecule has 17 heavy (non-hydrogen) atoms. The van der Waals surface area contributed by atoms with Gasteiger partial charge in [-0.25, -0.2) is 0 Å². The van der Waals surface area contributed by atoms with Crippen molar-refractivity contribution >= 4 is 11.8 Å². The molecule has 0 saturated heterocycles. The molecule has 0 bridgehead atoms. The van der Waals surface area contributed by atoms with Crippen molar-refractivity contribution in [2.45, 2.75) is 12.3 Å². The number of esters is 1. The van der Waals surface area contributed by atoms with E-state index in [-0.39, 0.29) is 18.0 Å². The van der Waals surface area contributed by atoms with Crippen LogP contribution in [0, 0.1) is 5.92 Å². The van der Waals surface area contributed by atoms with Crippen molar-refractivity contribution in [3.05, 3.63) is 36.0 Å². The summed E-state index contributed by atoms with van der Waals surface area (Å²) < 4.78 is 9.83. The number of furan rings is 1. The van der Waals surface area contributed by atoms with E-state index in [1.165, 1.54) is 13.4 Å². The molecule has 0 amide bonds. The molecule has 0 spiro atoms. The first kappa shape index (κ1) is 11.4. The second kappa shape index (κ2) is 4.45. The summed E-state index contributed by atoms with van der Waals surface area (Å²) in [4.78, 5) is 23.0.